The molecule has 0 saturated heterocycles. The van der Waals surface area contributed by atoms with E-state index < -0.39 is 0 Å². The van der Waals surface area contributed by atoms with Gasteiger partial charge in [0.05, 0.1) is 4.88 Å². The minimum Gasteiger partial charge on any atom is -0.269 e. The van der Waals surface area contributed by atoms with Crippen LogP contribution in [-0.4, -0.2) is 20.5 Å². The van der Waals surface area contributed by atoms with Gasteiger partial charge in [0.1, 0.15) is 0 Å². The Hall–Kier alpha value is -1.56. The van der Waals surface area contributed by atoms with Gasteiger partial charge in [-0.1, -0.05) is 54.2 Å². The average molecular weight is 334 g/mol. The van der Waals surface area contributed by atoms with E-state index >= 15 is 0 Å². The van der Waals surface area contributed by atoms with Crippen LogP contribution in [0.2, 0.25) is 0 Å². The molecular weight excluding hydrogens is 322 g/mol. The van der Waals surface area contributed by atoms with Crippen molar-refractivity contribution in [2.45, 2.75) is 5.16 Å². The lowest BCUT2D eigenvalue weighted by molar-refractivity contribution is 0.888. The number of hydrogen-bond acceptors (Lipinski definition) is 4. The molecule has 0 bridgehead atoms. The highest BCUT2D eigenvalue weighted by Gasteiger charge is 2.16. The molecule has 0 N–H and O–H groups in total. The summed E-state index contributed by atoms with van der Waals surface area (Å²) in [6.07, 6.45) is 0. The second kappa shape index (κ2) is 6.47. The Labute approximate surface area is 136 Å². The third kappa shape index (κ3) is 3.20. The van der Waals surface area contributed by atoms with E-state index in [4.69, 9.17) is 11.6 Å². The summed E-state index contributed by atoms with van der Waals surface area (Å²) in [7, 11) is 0. The zero-order chi connectivity index (χ0) is 14.7. The highest BCUT2D eigenvalue weighted by molar-refractivity contribution is 7.99. The number of rotatable bonds is 5. The predicted octanol–water partition coefficient (Wildman–Crippen LogP) is 4.84. The van der Waals surface area contributed by atoms with Crippen molar-refractivity contribution in [1.82, 2.24) is 14.8 Å². The van der Waals surface area contributed by atoms with Crippen molar-refractivity contribution >= 4 is 34.7 Å². The number of thiophene rings is 1. The summed E-state index contributed by atoms with van der Waals surface area (Å²) < 4.78 is 2.05. The maximum atomic E-state index is 5.86. The Bertz CT molecular complexity index is 736. The number of aromatic nitrogens is 3. The van der Waals surface area contributed by atoms with Crippen molar-refractivity contribution < 1.29 is 0 Å². The molecule has 0 spiro atoms. The van der Waals surface area contributed by atoms with Gasteiger partial charge in [-0.2, -0.15) is 0 Å². The number of para-hydroxylation sites is 1. The number of halogens is 1. The van der Waals surface area contributed by atoms with Crippen LogP contribution in [0.15, 0.2) is 64.6 Å². The summed E-state index contributed by atoms with van der Waals surface area (Å²) in [5.41, 5.74) is 1.04. The van der Waals surface area contributed by atoms with Gasteiger partial charge in [0, 0.05) is 16.5 Å². The van der Waals surface area contributed by atoms with Crippen LogP contribution in [0, 0.1) is 0 Å². The van der Waals surface area contributed by atoms with Gasteiger partial charge in [-0.05, 0) is 23.6 Å². The van der Waals surface area contributed by atoms with Gasteiger partial charge in [-0.25, -0.2) is 0 Å². The van der Waals surface area contributed by atoms with Gasteiger partial charge >= 0.3 is 0 Å². The summed E-state index contributed by atoms with van der Waals surface area (Å²) in [4.78, 5) is 1.09. The molecule has 0 atom stereocenters. The predicted molar refractivity (Wildman–Crippen MR) is 90.4 cm³/mol. The van der Waals surface area contributed by atoms with E-state index in [-0.39, 0.29) is 0 Å². The fraction of sp³-hybridized carbons (Fsp3) is 0.0667. The van der Waals surface area contributed by atoms with Crippen LogP contribution in [0.25, 0.3) is 16.4 Å². The Kier molecular flexibility index (Phi) is 4.43. The van der Waals surface area contributed by atoms with Gasteiger partial charge in [0.2, 0.25) is 0 Å². The molecule has 0 saturated carbocycles. The van der Waals surface area contributed by atoms with E-state index in [2.05, 4.69) is 21.3 Å². The van der Waals surface area contributed by atoms with Crippen molar-refractivity contribution in [1.29, 1.82) is 0 Å². The molecular formula is C15H12ClN3S2. The number of benzene rings is 1. The molecule has 3 nitrogen and oxygen atoms in total. The second-order valence-electron chi connectivity index (χ2n) is 4.26. The van der Waals surface area contributed by atoms with E-state index in [0.717, 1.165) is 21.5 Å². The molecule has 0 radical (unpaired) electrons. The normalized spacial score (nSPS) is 10.7. The molecule has 6 heteroatoms. The van der Waals surface area contributed by atoms with Gasteiger partial charge in [0.25, 0.3) is 0 Å². The maximum Gasteiger partial charge on any atom is 0.196 e. The first-order chi connectivity index (χ1) is 10.3. The topological polar surface area (TPSA) is 30.7 Å². The molecule has 3 aromatic rings. The molecule has 0 aliphatic heterocycles. The van der Waals surface area contributed by atoms with Crippen LogP contribution in [0.1, 0.15) is 0 Å². The number of thioether (sulfide) groups is 1. The van der Waals surface area contributed by atoms with E-state index in [1.54, 1.807) is 11.3 Å². The molecule has 0 amide bonds. The molecule has 2 heterocycles. The average Bonchev–Trinajstić information content (AvgIpc) is 3.15. The summed E-state index contributed by atoms with van der Waals surface area (Å²) in [5.74, 6) is 1.45. The van der Waals surface area contributed by atoms with E-state index in [9.17, 15) is 0 Å². The lowest BCUT2D eigenvalue weighted by Gasteiger charge is -2.08. The third-order valence-electron chi connectivity index (χ3n) is 2.75. The van der Waals surface area contributed by atoms with Crippen molar-refractivity contribution in [3.63, 3.8) is 0 Å². The molecule has 21 heavy (non-hydrogen) atoms. The zero-order valence-electron chi connectivity index (χ0n) is 11.1. The summed E-state index contributed by atoms with van der Waals surface area (Å²) in [6.45, 7) is 3.72. The minimum atomic E-state index is 0.597. The van der Waals surface area contributed by atoms with Crippen LogP contribution in [-0.2, 0) is 0 Å². The third-order valence-corrected chi connectivity index (χ3v) is 4.92. The highest BCUT2D eigenvalue weighted by Crippen LogP contribution is 2.31. The van der Waals surface area contributed by atoms with E-state index in [1.165, 1.54) is 11.8 Å². The van der Waals surface area contributed by atoms with Crippen LogP contribution in [0.3, 0.4) is 0 Å². The first kappa shape index (κ1) is 14.4. The van der Waals surface area contributed by atoms with Gasteiger partial charge < -0.3 is 0 Å². The van der Waals surface area contributed by atoms with Gasteiger partial charge in [-0.3, -0.25) is 4.57 Å². The van der Waals surface area contributed by atoms with Crippen LogP contribution >= 0.6 is 34.7 Å². The largest absolute Gasteiger partial charge is 0.269 e. The molecule has 1 aromatic carbocycles. The van der Waals surface area contributed by atoms with Crippen molar-refractivity contribution in [3.8, 4) is 16.4 Å². The van der Waals surface area contributed by atoms with E-state index in [1.807, 2.05) is 47.8 Å². The Morgan fingerprint density at radius 1 is 1.19 bits per heavy atom. The minimum absolute atomic E-state index is 0.597. The first-order valence-corrected chi connectivity index (χ1v) is 8.51. The summed E-state index contributed by atoms with van der Waals surface area (Å²) in [5, 5.41) is 12.1. The maximum absolute atomic E-state index is 5.86. The SMILES string of the molecule is C=C(Cl)CSc1nnc(-c2cccs2)n1-c1ccccc1. The molecule has 0 unspecified atom stereocenters. The van der Waals surface area contributed by atoms with Crippen molar-refractivity contribution in [2.75, 3.05) is 5.75 Å². The highest BCUT2D eigenvalue weighted by atomic mass is 35.5. The number of hydrogen-bond donors (Lipinski definition) is 0. The monoisotopic (exact) mass is 333 g/mol. The first-order valence-electron chi connectivity index (χ1n) is 6.26. The van der Waals surface area contributed by atoms with Crippen LogP contribution in [0.5, 0.6) is 0 Å². The smallest absolute Gasteiger partial charge is 0.196 e. The zero-order valence-corrected chi connectivity index (χ0v) is 13.5. The molecule has 3 rings (SSSR count). The quantitative estimate of drug-likeness (QED) is 0.626. The Morgan fingerprint density at radius 2 is 2.00 bits per heavy atom. The fourth-order valence-corrected chi connectivity index (χ4v) is 3.45. The Morgan fingerprint density at radius 3 is 2.67 bits per heavy atom. The molecule has 0 aliphatic rings. The molecule has 106 valence electrons. The van der Waals surface area contributed by atoms with E-state index in [0.29, 0.717) is 10.8 Å². The standard InChI is InChI=1S/C15H12ClN3S2/c1-11(16)10-21-15-18-17-14(13-8-5-9-20-13)19(15)12-6-3-2-4-7-12/h2-9H,1,10H2. The molecule has 0 fully saturated rings. The van der Waals surface area contributed by atoms with Crippen molar-refractivity contribution in [3.05, 3.63) is 59.5 Å². The summed E-state index contributed by atoms with van der Waals surface area (Å²) in [6, 6.07) is 14.1. The molecule has 0 aliphatic carbocycles. The van der Waals surface area contributed by atoms with Crippen molar-refractivity contribution in [2.24, 2.45) is 0 Å². The molecule has 2 aromatic heterocycles. The second-order valence-corrected chi connectivity index (χ2v) is 6.69. The summed E-state index contributed by atoms with van der Waals surface area (Å²) >= 11 is 9.04. The lowest BCUT2D eigenvalue weighted by Crippen LogP contribution is -1.98. The van der Waals surface area contributed by atoms with Gasteiger partial charge in [0.15, 0.2) is 11.0 Å². The van der Waals surface area contributed by atoms with Gasteiger partial charge in [-0.15, -0.1) is 21.5 Å². The number of nitrogens with zero attached hydrogens (tertiary/aromatic N) is 3. The Balaban J connectivity index is 2.08. The van der Waals surface area contributed by atoms with Crippen LogP contribution < -0.4 is 0 Å². The fourth-order valence-electron chi connectivity index (χ4n) is 1.88. The lowest BCUT2D eigenvalue weighted by atomic mass is 10.3. The van der Waals surface area contributed by atoms with Crippen LogP contribution in [0.4, 0.5) is 0 Å².